The summed E-state index contributed by atoms with van der Waals surface area (Å²) in [4.78, 5) is 14.9. The molecule has 0 amide bonds. The number of pyridine rings is 1. The lowest BCUT2D eigenvalue weighted by molar-refractivity contribution is -0.136. The summed E-state index contributed by atoms with van der Waals surface area (Å²) in [5.41, 5.74) is 1.57. The number of hydrogen-bond donors (Lipinski definition) is 1. The van der Waals surface area contributed by atoms with E-state index in [-0.39, 0.29) is 6.42 Å². The van der Waals surface area contributed by atoms with Crippen molar-refractivity contribution in [3.63, 3.8) is 0 Å². The number of halogens is 3. The summed E-state index contributed by atoms with van der Waals surface area (Å²) >= 11 is 18.0. The first-order valence-electron chi connectivity index (χ1n) is 5.29. The Balaban J connectivity index is 2.62. The highest BCUT2D eigenvalue weighted by atomic mass is 35.5. The van der Waals surface area contributed by atoms with Gasteiger partial charge < -0.3 is 5.11 Å². The van der Waals surface area contributed by atoms with Gasteiger partial charge in [0.05, 0.1) is 17.1 Å². The molecule has 0 fully saturated rings. The Kier molecular flexibility index (Phi) is 4.30. The lowest BCUT2D eigenvalue weighted by atomic mass is 10.0. The van der Waals surface area contributed by atoms with Gasteiger partial charge in [0, 0.05) is 27.4 Å². The number of benzene rings is 1. The lowest BCUT2D eigenvalue weighted by Crippen LogP contribution is -2.04. The van der Waals surface area contributed by atoms with Gasteiger partial charge in [0.25, 0.3) is 0 Å². The van der Waals surface area contributed by atoms with E-state index in [2.05, 4.69) is 4.98 Å². The van der Waals surface area contributed by atoms with Crippen molar-refractivity contribution in [3.05, 3.63) is 51.2 Å². The van der Waals surface area contributed by atoms with Crippen LogP contribution in [-0.4, -0.2) is 16.1 Å². The van der Waals surface area contributed by atoms with Crippen molar-refractivity contribution in [3.8, 4) is 11.1 Å². The first kappa shape index (κ1) is 14.1. The number of rotatable bonds is 3. The van der Waals surface area contributed by atoms with Gasteiger partial charge >= 0.3 is 5.97 Å². The van der Waals surface area contributed by atoms with Crippen LogP contribution in [0, 0.1) is 0 Å². The zero-order chi connectivity index (χ0) is 14.0. The molecule has 0 unspecified atom stereocenters. The lowest BCUT2D eigenvalue weighted by Gasteiger charge is -2.10. The largest absolute Gasteiger partial charge is 0.481 e. The van der Waals surface area contributed by atoms with Gasteiger partial charge in [0.15, 0.2) is 0 Å². The minimum absolute atomic E-state index is 0.213. The number of nitrogens with zero attached hydrogens (tertiary/aromatic N) is 1. The molecule has 1 aromatic heterocycles. The molecule has 0 bridgehead atoms. The van der Waals surface area contributed by atoms with Gasteiger partial charge in [-0.3, -0.25) is 9.78 Å². The third-order valence-corrected chi connectivity index (χ3v) is 3.25. The standard InChI is InChI=1S/C13H8Cl3NO2/c14-7-1-2-11(16)9(3-7)10-4-8(15)6-17-12(10)5-13(18)19/h1-4,6H,5H2,(H,18,19). The molecule has 0 aliphatic carbocycles. The molecule has 0 spiro atoms. The molecule has 0 saturated heterocycles. The summed E-state index contributed by atoms with van der Waals surface area (Å²) in [5, 5.41) is 10.3. The average molecular weight is 317 g/mol. The van der Waals surface area contributed by atoms with Crippen molar-refractivity contribution in [1.29, 1.82) is 0 Å². The van der Waals surface area contributed by atoms with Crippen molar-refractivity contribution >= 4 is 40.8 Å². The van der Waals surface area contributed by atoms with Crippen LogP contribution in [0.25, 0.3) is 11.1 Å². The number of aromatic nitrogens is 1. The summed E-state index contributed by atoms with van der Waals surface area (Å²) in [7, 11) is 0. The van der Waals surface area contributed by atoms with E-state index in [0.717, 1.165) is 0 Å². The molecule has 2 aromatic rings. The molecule has 0 radical (unpaired) electrons. The maximum atomic E-state index is 10.9. The van der Waals surface area contributed by atoms with E-state index in [9.17, 15) is 4.79 Å². The average Bonchev–Trinajstić information content (AvgIpc) is 2.34. The molecule has 1 N–H and O–H groups in total. The van der Waals surface area contributed by atoms with Gasteiger partial charge in [-0.2, -0.15) is 0 Å². The van der Waals surface area contributed by atoms with Crippen LogP contribution < -0.4 is 0 Å². The molecular weight excluding hydrogens is 309 g/mol. The number of carboxylic acid groups (broad SMARTS) is 1. The summed E-state index contributed by atoms with van der Waals surface area (Å²) in [5.74, 6) is -0.978. The number of carbonyl (C=O) groups is 1. The van der Waals surface area contributed by atoms with Crippen molar-refractivity contribution in [2.45, 2.75) is 6.42 Å². The smallest absolute Gasteiger partial charge is 0.309 e. The first-order chi connectivity index (χ1) is 8.97. The number of aliphatic carboxylic acids is 1. The third kappa shape index (κ3) is 3.38. The molecular formula is C13H8Cl3NO2. The fourth-order valence-corrected chi connectivity index (χ4v) is 2.24. The Morgan fingerprint density at radius 2 is 1.79 bits per heavy atom. The van der Waals surface area contributed by atoms with Gasteiger partial charge in [-0.15, -0.1) is 0 Å². The number of hydrogen-bond acceptors (Lipinski definition) is 2. The topological polar surface area (TPSA) is 50.2 Å². The fraction of sp³-hybridized carbons (Fsp3) is 0.0769. The fourth-order valence-electron chi connectivity index (χ4n) is 1.69. The second kappa shape index (κ2) is 5.78. The van der Waals surface area contributed by atoms with E-state index < -0.39 is 5.97 Å². The number of carboxylic acids is 1. The third-order valence-electron chi connectivity index (χ3n) is 2.47. The minimum atomic E-state index is -0.978. The van der Waals surface area contributed by atoms with Gasteiger partial charge in [0.1, 0.15) is 0 Å². The molecule has 1 aromatic carbocycles. The Hall–Kier alpha value is -1.29. The molecule has 0 aliphatic rings. The molecule has 98 valence electrons. The Labute approximate surface area is 124 Å². The van der Waals surface area contributed by atoms with E-state index >= 15 is 0 Å². The Bertz CT molecular complexity index is 644. The molecule has 1 heterocycles. The molecule has 0 aliphatic heterocycles. The molecule has 0 saturated carbocycles. The summed E-state index contributed by atoms with van der Waals surface area (Å²) in [6.07, 6.45) is 1.19. The normalized spacial score (nSPS) is 10.5. The van der Waals surface area contributed by atoms with E-state index in [0.29, 0.717) is 31.9 Å². The van der Waals surface area contributed by atoms with E-state index in [1.165, 1.54) is 6.20 Å². The predicted molar refractivity (Wildman–Crippen MR) is 76.0 cm³/mol. The molecule has 0 atom stereocenters. The molecule has 3 nitrogen and oxygen atoms in total. The summed E-state index contributed by atoms with van der Waals surface area (Å²) in [6.45, 7) is 0. The first-order valence-corrected chi connectivity index (χ1v) is 6.42. The highest BCUT2D eigenvalue weighted by molar-refractivity contribution is 6.35. The van der Waals surface area contributed by atoms with Crippen LogP contribution in [0.4, 0.5) is 0 Å². The predicted octanol–water partition coefficient (Wildman–Crippen LogP) is 4.34. The van der Waals surface area contributed by atoms with Crippen LogP contribution in [0.5, 0.6) is 0 Å². The highest BCUT2D eigenvalue weighted by Gasteiger charge is 2.14. The summed E-state index contributed by atoms with van der Waals surface area (Å²) in [6, 6.07) is 6.58. The zero-order valence-electron chi connectivity index (χ0n) is 9.53. The van der Waals surface area contributed by atoms with Crippen molar-refractivity contribution < 1.29 is 9.90 Å². The van der Waals surface area contributed by atoms with Crippen LogP contribution in [0.15, 0.2) is 30.5 Å². The van der Waals surface area contributed by atoms with Gasteiger partial charge in [-0.25, -0.2) is 0 Å². The quantitative estimate of drug-likeness (QED) is 0.916. The van der Waals surface area contributed by atoms with Gasteiger partial charge in [0.2, 0.25) is 0 Å². The molecule has 6 heteroatoms. The molecule has 19 heavy (non-hydrogen) atoms. The van der Waals surface area contributed by atoms with Crippen molar-refractivity contribution in [2.24, 2.45) is 0 Å². The maximum absolute atomic E-state index is 10.9. The summed E-state index contributed by atoms with van der Waals surface area (Å²) < 4.78 is 0. The van der Waals surface area contributed by atoms with Crippen molar-refractivity contribution in [1.82, 2.24) is 4.98 Å². The SMILES string of the molecule is O=C(O)Cc1ncc(Cl)cc1-c1cc(Cl)ccc1Cl. The Morgan fingerprint density at radius 1 is 1.11 bits per heavy atom. The second-order valence-electron chi connectivity index (χ2n) is 3.84. The van der Waals surface area contributed by atoms with E-state index in [1.807, 2.05) is 0 Å². The monoisotopic (exact) mass is 315 g/mol. The van der Waals surface area contributed by atoms with E-state index in [1.54, 1.807) is 24.3 Å². The maximum Gasteiger partial charge on any atom is 0.309 e. The zero-order valence-corrected chi connectivity index (χ0v) is 11.8. The van der Waals surface area contributed by atoms with Crippen LogP contribution >= 0.6 is 34.8 Å². The Morgan fingerprint density at radius 3 is 2.47 bits per heavy atom. The van der Waals surface area contributed by atoms with Gasteiger partial charge in [-0.05, 0) is 24.3 Å². The van der Waals surface area contributed by atoms with Crippen LogP contribution in [0.1, 0.15) is 5.69 Å². The van der Waals surface area contributed by atoms with Gasteiger partial charge in [-0.1, -0.05) is 34.8 Å². The van der Waals surface area contributed by atoms with Crippen LogP contribution in [0.3, 0.4) is 0 Å². The highest BCUT2D eigenvalue weighted by Crippen LogP contribution is 2.33. The van der Waals surface area contributed by atoms with E-state index in [4.69, 9.17) is 39.9 Å². The second-order valence-corrected chi connectivity index (χ2v) is 5.12. The van der Waals surface area contributed by atoms with Crippen LogP contribution in [-0.2, 0) is 11.2 Å². The molecule has 2 rings (SSSR count). The minimum Gasteiger partial charge on any atom is -0.481 e. The van der Waals surface area contributed by atoms with Crippen molar-refractivity contribution in [2.75, 3.05) is 0 Å². The van der Waals surface area contributed by atoms with Crippen LogP contribution in [0.2, 0.25) is 15.1 Å².